The molecule has 1 aromatic heterocycles. The lowest BCUT2D eigenvalue weighted by molar-refractivity contribution is 0.0743. The van der Waals surface area contributed by atoms with Gasteiger partial charge in [0.2, 0.25) is 0 Å². The Morgan fingerprint density at radius 2 is 2.08 bits per heavy atom. The highest BCUT2D eigenvalue weighted by Gasteiger charge is 2.26. The predicted molar refractivity (Wildman–Crippen MR) is 104 cm³/mol. The van der Waals surface area contributed by atoms with Gasteiger partial charge in [-0.15, -0.1) is 12.4 Å². The Morgan fingerprint density at radius 3 is 2.71 bits per heavy atom. The van der Waals surface area contributed by atoms with Gasteiger partial charge in [0.1, 0.15) is 0 Å². The smallest absolute Gasteiger partial charge is 0.255 e. The highest BCUT2D eigenvalue weighted by Crippen LogP contribution is 2.24. The Labute approximate surface area is 157 Å². The van der Waals surface area contributed by atoms with Crippen LogP contribution in [0.3, 0.4) is 0 Å². The quantitative estimate of drug-likeness (QED) is 0.834. The van der Waals surface area contributed by atoms with Gasteiger partial charge in [0.25, 0.3) is 5.91 Å². The SMILES string of the molecule is Cc1cc(C(=O)N(C)C2CCNC2)c(C)n1-c1cccc(Br)c1.Cl. The van der Waals surface area contributed by atoms with Crippen molar-refractivity contribution in [3.8, 4) is 5.69 Å². The third-order valence-electron chi connectivity index (χ3n) is 4.63. The number of aryl methyl sites for hydroxylation is 1. The molecule has 1 N–H and O–H groups in total. The van der Waals surface area contributed by atoms with Crippen molar-refractivity contribution in [2.24, 2.45) is 0 Å². The average Bonchev–Trinajstić information content (AvgIpc) is 3.14. The topological polar surface area (TPSA) is 37.3 Å². The number of aromatic nitrogens is 1. The zero-order chi connectivity index (χ0) is 16.6. The second-order valence-corrected chi connectivity index (χ2v) is 7.08. The van der Waals surface area contributed by atoms with Crippen molar-refractivity contribution < 1.29 is 4.79 Å². The molecule has 2 heterocycles. The van der Waals surface area contributed by atoms with Crippen molar-refractivity contribution in [3.05, 3.63) is 51.8 Å². The molecule has 4 nitrogen and oxygen atoms in total. The molecule has 1 aliphatic heterocycles. The van der Waals surface area contributed by atoms with Crippen molar-refractivity contribution in [2.45, 2.75) is 26.3 Å². The monoisotopic (exact) mass is 411 g/mol. The van der Waals surface area contributed by atoms with Crippen LogP contribution in [0.1, 0.15) is 28.2 Å². The largest absolute Gasteiger partial charge is 0.337 e. The van der Waals surface area contributed by atoms with Gasteiger partial charge in [-0.25, -0.2) is 0 Å². The summed E-state index contributed by atoms with van der Waals surface area (Å²) in [4.78, 5) is 14.8. The summed E-state index contributed by atoms with van der Waals surface area (Å²) < 4.78 is 3.17. The third kappa shape index (κ3) is 3.53. The first-order valence-electron chi connectivity index (χ1n) is 7.92. The Balaban J connectivity index is 0.00000208. The van der Waals surface area contributed by atoms with Crippen LogP contribution in [0.15, 0.2) is 34.8 Å². The summed E-state index contributed by atoms with van der Waals surface area (Å²) in [7, 11) is 1.91. The van der Waals surface area contributed by atoms with Crippen LogP contribution in [-0.2, 0) is 0 Å². The zero-order valence-electron chi connectivity index (χ0n) is 14.2. The molecule has 0 aliphatic carbocycles. The molecule has 0 bridgehead atoms. The lowest BCUT2D eigenvalue weighted by Crippen LogP contribution is -2.38. The van der Waals surface area contributed by atoms with Gasteiger partial charge in [-0.05, 0) is 51.1 Å². The number of amides is 1. The lowest BCUT2D eigenvalue weighted by Gasteiger charge is -2.23. The number of carbonyl (C=O) groups is 1. The summed E-state index contributed by atoms with van der Waals surface area (Å²) in [5, 5.41) is 3.32. The van der Waals surface area contributed by atoms with Gasteiger partial charge < -0.3 is 14.8 Å². The molecule has 6 heteroatoms. The van der Waals surface area contributed by atoms with Crippen LogP contribution in [0.5, 0.6) is 0 Å². The summed E-state index contributed by atoms with van der Waals surface area (Å²) in [6, 6.07) is 10.4. The molecular weight excluding hydrogens is 390 g/mol. The maximum absolute atomic E-state index is 12.9. The highest BCUT2D eigenvalue weighted by atomic mass is 79.9. The van der Waals surface area contributed by atoms with Gasteiger partial charge in [0.15, 0.2) is 0 Å². The first kappa shape index (κ1) is 19.0. The molecule has 1 unspecified atom stereocenters. The molecule has 24 heavy (non-hydrogen) atoms. The van der Waals surface area contributed by atoms with Gasteiger partial charge in [-0.1, -0.05) is 22.0 Å². The number of rotatable bonds is 3. The standard InChI is InChI=1S/C18H22BrN3O.ClH/c1-12-9-17(18(23)21(3)16-7-8-20-11-16)13(2)22(12)15-6-4-5-14(19)10-15;/h4-6,9-10,16,20H,7-8,11H2,1-3H3;1H. The zero-order valence-corrected chi connectivity index (χ0v) is 16.6. The fourth-order valence-electron chi connectivity index (χ4n) is 3.32. The Hall–Kier alpha value is -1.30. The number of carbonyl (C=O) groups excluding carboxylic acids is 1. The van der Waals surface area contributed by atoms with Crippen LogP contribution >= 0.6 is 28.3 Å². The number of nitrogens with one attached hydrogen (secondary N) is 1. The first-order valence-corrected chi connectivity index (χ1v) is 8.71. The van der Waals surface area contributed by atoms with Crippen LogP contribution in [0.2, 0.25) is 0 Å². The van der Waals surface area contributed by atoms with Crippen LogP contribution in [0, 0.1) is 13.8 Å². The summed E-state index contributed by atoms with van der Waals surface area (Å²) in [5.41, 5.74) is 3.92. The number of halogens is 2. The molecule has 0 saturated carbocycles. The van der Waals surface area contributed by atoms with Gasteiger partial charge in [-0.3, -0.25) is 4.79 Å². The van der Waals surface area contributed by atoms with Crippen molar-refractivity contribution in [2.75, 3.05) is 20.1 Å². The van der Waals surface area contributed by atoms with E-state index in [-0.39, 0.29) is 24.4 Å². The van der Waals surface area contributed by atoms with Crippen LogP contribution in [-0.4, -0.2) is 41.6 Å². The maximum Gasteiger partial charge on any atom is 0.255 e. The van der Waals surface area contributed by atoms with E-state index in [1.807, 2.05) is 44.0 Å². The maximum atomic E-state index is 12.9. The molecule has 1 atom stereocenters. The molecule has 1 aliphatic rings. The molecular formula is C18H23BrClN3O. The van der Waals surface area contributed by atoms with Crippen LogP contribution < -0.4 is 5.32 Å². The fraction of sp³-hybridized carbons (Fsp3) is 0.389. The molecule has 0 spiro atoms. The van der Waals surface area contributed by atoms with Crippen LogP contribution in [0.25, 0.3) is 5.69 Å². The first-order chi connectivity index (χ1) is 11.0. The van der Waals surface area contributed by atoms with Crippen molar-refractivity contribution in [1.29, 1.82) is 0 Å². The minimum atomic E-state index is 0. The molecule has 0 radical (unpaired) electrons. The minimum Gasteiger partial charge on any atom is -0.337 e. The number of nitrogens with zero attached hydrogens (tertiary/aromatic N) is 2. The van der Waals surface area contributed by atoms with Gasteiger partial charge in [0, 0.05) is 41.2 Å². The van der Waals surface area contributed by atoms with E-state index in [9.17, 15) is 4.79 Å². The predicted octanol–water partition coefficient (Wildman–Crippen LogP) is 3.71. The van der Waals surface area contributed by atoms with E-state index in [4.69, 9.17) is 0 Å². The van der Waals surface area contributed by atoms with E-state index in [2.05, 4.69) is 37.9 Å². The normalized spacial score (nSPS) is 16.8. The second kappa shape index (κ2) is 7.72. The molecule has 1 fully saturated rings. The van der Waals surface area contributed by atoms with E-state index in [0.29, 0.717) is 0 Å². The summed E-state index contributed by atoms with van der Waals surface area (Å²) >= 11 is 3.52. The van der Waals surface area contributed by atoms with Crippen molar-refractivity contribution in [3.63, 3.8) is 0 Å². The van der Waals surface area contributed by atoms with E-state index < -0.39 is 0 Å². The highest BCUT2D eigenvalue weighted by molar-refractivity contribution is 9.10. The van der Waals surface area contributed by atoms with Gasteiger partial charge in [0.05, 0.1) is 5.56 Å². The molecule has 1 saturated heterocycles. The average molecular weight is 413 g/mol. The van der Waals surface area contributed by atoms with E-state index in [1.54, 1.807) is 0 Å². The Bertz CT molecular complexity index is 738. The molecule has 130 valence electrons. The minimum absolute atomic E-state index is 0. The summed E-state index contributed by atoms with van der Waals surface area (Å²) in [6.45, 7) is 5.93. The number of likely N-dealkylation sites (N-methyl/N-ethyl adjacent to an activating group) is 1. The number of benzene rings is 1. The molecule has 2 aromatic rings. The summed E-state index contributed by atoms with van der Waals surface area (Å²) in [5.74, 6) is 0.105. The van der Waals surface area contributed by atoms with E-state index >= 15 is 0 Å². The van der Waals surface area contributed by atoms with Gasteiger partial charge >= 0.3 is 0 Å². The second-order valence-electron chi connectivity index (χ2n) is 6.16. The third-order valence-corrected chi connectivity index (χ3v) is 5.12. The molecule has 1 aromatic carbocycles. The van der Waals surface area contributed by atoms with Gasteiger partial charge in [-0.2, -0.15) is 0 Å². The molecule has 3 rings (SSSR count). The van der Waals surface area contributed by atoms with Crippen molar-refractivity contribution >= 4 is 34.2 Å². The fourth-order valence-corrected chi connectivity index (χ4v) is 3.70. The number of hydrogen-bond donors (Lipinski definition) is 1. The van der Waals surface area contributed by atoms with Crippen LogP contribution in [0.4, 0.5) is 0 Å². The van der Waals surface area contributed by atoms with Crippen molar-refractivity contribution in [1.82, 2.24) is 14.8 Å². The molecule has 1 amide bonds. The lowest BCUT2D eigenvalue weighted by atomic mass is 10.1. The Kier molecular flexibility index (Phi) is 6.12. The van der Waals surface area contributed by atoms with E-state index in [1.165, 1.54) is 0 Å². The number of hydrogen-bond acceptors (Lipinski definition) is 2. The van der Waals surface area contributed by atoms with E-state index in [0.717, 1.165) is 46.6 Å². The summed E-state index contributed by atoms with van der Waals surface area (Å²) in [6.07, 6.45) is 1.02. The Morgan fingerprint density at radius 1 is 1.33 bits per heavy atom.